The zero-order valence-electron chi connectivity index (χ0n) is 20.4. The van der Waals surface area contributed by atoms with Crippen LogP contribution in [-0.4, -0.2) is 55.6 Å². The SMILES string of the molecule is Cc1nc2c(F)cc(-c3nc(Nc4ccc(CN5CC[N-]CC5)cn4)ncc3F)cc2n1C(C)C.[W]. The molecule has 0 bridgehead atoms. The van der Waals surface area contributed by atoms with Crippen molar-refractivity contribution in [3.63, 3.8) is 0 Å². The van der Waals surface area contributed by atoms with Crippen LogP contribution in [-0.2, 0) is 27.6 Å². The summed E-state index contributed by atoms with van der Waals surface area (Å²) in [4.78, 5) is 19.5. The fourth-order valence-electron chi connectivity index (χ4n) is 4.46. The molecule has 0 unspecified atom stereocenters. The number of hydrogen-bond donors (Lipinski definition) is 1. The molecular weight excluding hydrogens is 634 g/mol. The van der Waals surface area contributed by atoms with Crippen LogP contribution in [0.25, 0.3) is 27.6 Å². The van der Waals surface area contributed by atoms with Crippen LogP contribution in [0.15, 0.2) is 36.7 Å². The molecule has 0 saturated carbocycles. The molecule has 0 radical (unpaired) electrons. The molecule has 1 aromatic carbocycles. The Morgan fingerprint density at radius 3 is 2.50 bits per heavy atom. The molecule has 1 aliphatic rings. The quantitative estimate of drug-likeness (QED) is 0.314. The van der Waals surface area contributed by atoms with E-state index in [1.165, 1.54) is 6.07 Å². The molecule has 0 aliphatic carbocycles. The van der Waals surface area contributed by atoms with Gasteiger partial charge < -0.3 is 20.1 Å². The first-order valence-corrected chi connectivity index (χ1v) is 11.7. The van der Waals surface area contributed by atoms with E-state index in [1.807, 2.05) is 37.5 Å². The molecule has 8 nitrogen and oxygen atoms in total. The molecule has 4 aromatic rings. The summed E-state index contributed by atoms with van der Waals surface area (Å²) in [6.45, 7) is 10.3. The second-order valence-corrected chi connectivity index (χ2v) is 8.96. The zero-order valence-corrected chi connectivity index (χ0v) is 23.3. The van der Waals surface area contributed by atoms with Crippen LogP contribution in [0.5, 0.6) is 0 Å². The van der Waals surface area contributed by atoms with Gasteiger partial charge in [0.25, 0.3) is 0 Å². The minimum Gasteiger partial charge on any atom is -0.660 e. The van der Waals surface area contributed by atoms with Gasteiger partial charge in [0.05, 0.1) is 11.7 Å². The molecule has 0 atom stereocenters. The second kappa shape index (κ2) is 11.1. The summed E-state index contributed by atoms with van der Waals surface area (Å²) in [5.74, 6) is 0.246. The third kappa shape index (κ3) is 5.45. The summed E-state index contributed by atoms with van der Waals surface area (Å²) >= 11 is 0. The number of anilines is 2. The van der Waals surface area contributed by atoms with Gasteiger partial charge in [-0.2, -0.15) is 0 Å². The third-order valence-electron chi connectivity index (χ3n) is 6.08. The topological polar surface area (TPSA) is 85.9 Å². The summed E-state index contributed by atoms with van der Waals surface area (Å²) < 4.78 is 31.6. The molecule has 1 aliphatic heterocycles. The first-order valence-electron chi connectivity index (χ1n) is 11.7. The number of fused-ring (bicyclic) bond motifs is 1. The van der Waals surface area contributed by atoms with Gasteiger partial charge in [0.1, 0.15) is 22.9 Å². The minimum absolute atomic E-state index is 0. The predicted octanol–water partition coefficient (Wildman–Crippen LogP) is 4.99. The first-order chi connectivity index (χ1) is 16.9. The van der Waals surface area contributed by atoms with Crippen LogP contribution in [0.4, 0.5) is 20.5 Å². The number of imidazole rings is 1. The van der Waals surface area contributed by atoms with Crippen LogP contribution in [0.3, 0.4) is 0 Å². The smallest absolute Gasteiger partial charge is 0.229 e. The van der Waals surface area contributed by atoms with Gasteiger partial charge in [0.15, 0.2) is 11.6 Å². The number of halogens is 2. The third-order valence-corrected chi connectivity index (χ3v) is 6.08. The fraction of sp³-hybridized carbons (Fsp3) is 0.360. The average molecular weight is 661 g/mol. The van der Waals surface area contributed by atoms with Gasteiger partial charge in [-0.15, -0.1) is 13.1 Å². The number of pyridine rings is 1. The molecule has 0 amide bonds. The number of nitrogens with zero attached hydrogens (tertiary/aromatic N) is 7. The zero-order chi connectivity index (χ0) is 24.5. The molecule has 11 heteroatoms. The molecule has 1 saturated heterocycles. The van der Waals surface area contributed by atoms with Crippen molar-refractivity contribution in [3.8, 4) is 11.3 Å². The van der Waals surface area contributed by atoms with Gasteiger partial charge in [-0.05, 0) is 57.6 Å². The van der Waals surface area contributed by atoms with E-state index in [0.29, 0.717) is 22.7 Å². The normalized spacial score (nSPS) is 14.3. The van der Waals surface area contributed by atoms with Crippen molar-refractivity contribution < 1.29 is 29.8 Å². The average Bonchev–Trinajstić information content (AvgIpc) is 3.19. The molecule has 36 heavy (non-hydrogen) atoms. The van der Waals surface area contributed by atoms with Crippen molar-refractivity contribution in [2.24, 2.45) is 0 Å². The van der Waals surface area contributed by atoms with Gasteiger partial charge in [0, 0.05) is 45.4 Å². The van der Waals surface area contributed by atoms with E-state index in [0.717, 1.165) is 44.5 Å². The number of aromatic nitrogens is 5. The number of nitrogens with one attached hydrogen (secondary N) is 1. The summed E-state index contributed by atoms with van der Waals surface area (Å²) in [7, 11) is 0. The Bertz CT molecular complexity index is 1350. The maximum Gasteiger partial charge on any atom is 0.229 e. The van der Waals surface area contributed by atoms with E-state index < -0.39 is 11.6 Å². The van der Waals surface area contributed by atoms with Gasteiger partial charge in [-0.1, -0.05) is 6.07 Å². The van der Waals surface area contributed by atoms with Crippen molar-refractivity contribution in [1.82, 2.24) is 29.4 Å². The standard InChI is InChI=1S/C25H27F2N8.W/c1-15(2)35-16(3)31-24-19(26)10-18(11-21(24)35)23-20(27)13-30-25(33-23)32-22-5-4-17(12-29-22)14-34-8-6-28-7-9-34;/h4-5,10-13,15H,6-9,14H2,1-3H3,(H,29,30,32,33);/q-1;. The van der Waals surface area contributed by atoms with Crippen LogP contribution >= 0.6 is 0 Å². The van der Waals surface area contributed by atoms with Gasteiger partial charge >= 0.3 is 0 Å². The Kier molecular flexibility index (Phi) is 8.07. The summed E-state index contributed by atoms with van der Waals surface area (Å²) in [6, 6.07) is 6.88. The van der Waals surface area contributed by atoms with Gasteiger partial charge in [-0.25, -0.2) is 28.7 Å². The summed E-state index contributed by atoms with van der Waals surface area (Å²) in [5.41, 5.74) is 2.27. The number of benzene rings is 1. The molecule has 0 spiro atoms. The molecule has 1 fully saturated rings. The summed E-state index contributed by atoms with van der Waals surface area (Å²) in [5, 5.41) is 7.38. The van der Waals surface area contributed by atoms with E-state index in [1.54, 1.807) is 12.3 Å². The maximum atomic E-state index is 14.9. The minimum atomic E-state index is -0.641. The van der Waals surface area contributed by atoms with E-state index in [-0.39, 0.29) is 44.3 Å². The molecule has 4 heterocycles. The van der Waals surface area contributed by atoms with E-state index in [2.05, 4.69) is 35.5 Å². The van der Waals surface area contributed by atoms with E-state index in [4.69, 9.17) is 0 Å². The van der Waals surface area contributed by atoms with Crippen LogP contribution < -0.4 is 5.32 Å². The van der Waals surface area contributed by atoms with E-state index in [9.17, 15) is 8.78 Å². The van der Waals surface area contributed by atoms with Crippen molar-refractivity contribution >= 4 is 22.8 Å². The van der Waals surface area contributed by atoms with E-state index >= 15 is 0 Å². The number of hydrogen-bond acceptors (Lipinski definition) is 6. The Morgan fingerprint density at radius 2 is 1.81 bits per heavy atom. The second-order valence-electron chi connectivity index (χ2n) is 8.96. The molecule has 5 rings (SSSR count). The molecule has 1 N–H and O–H groups in total. The number of rotatable bonds is 6. The fourth-order valence-corrected chi connectivity index (χ4v) is 4.46. The summed E-state index contributed by atoms with van der Waals surface area (Å²) in [6.07, 6.45) is 2.88. The monoisotopic (exact) mass is 661 g/mol. The number of piperazine rings is 1. The van der Waals surface area contributed by atoms with Crippen LogP contribution in [0, 0.1) is 18.6 Å². The van der Waals surface area contributed by atoms with Crippen molar-refractivity contribution in [1.29, 1.82) is 0 Å². The largest absolute Gasteiger partial charge is 0.660 e. The Morgan fingerprint density at radius 1 is 1.03 bits per heavy atom. The van der Waals surface area contributed by atoms with Crippen molar-refractivity contribution in [2.75, 3.05) is 31.5 Å². The molecule has 188 valence electrons. The number of aryl methyl sites for hydroxylation is 1. The first kappa shape index (κ1) is 26.3. The molecule has 3 aromatic heterocycles. The van der Waals surface area contributed by atoms with Gasteiger partial charge in [0.2, 0.25) is 5.95 Å². The van der Waals surface area contributed by atoms with Crippen molar-refractivity contribution in [3.05, 3.63) is 65.0 Å². The van der Waals surface area contributed by atoms with Crippen LogP contribution in [0.2, 0.25) is 0 Å². The maximum absolute atomic E-state index is 14.9. The molecular formula is C25H27F2N8W-. The van der Waals surface area contributed by atoms with Crippen molar-refractivity contribution in [2.45, 2.75) is 33.4 Å². The van der Waals surface area contributed by atoms with Gasteiger partial charge in [-0.3, -0.25) is 0 Å². The Balaban J connectivity index is 0.00000304. The van der Waals surface area contributed by atoms with Crippen LogP contribution in [0.1, 0.15) is 31.3 Å². The Labute approximate surface area is 222 Å². The Hall–Kier alpha value is -2.81. The predicted molar refractivity (Wildman–Crippen MR) is 132 cm³/mol.